The molecule has 1 aliphatic rings. The van der Waals surface area contributed by atoms with Gasteiger partial charge in [-0.15, -0.1) is 0 Å². The molecule has 4 nitrogen and oxygen atoms in total. The van der Waals surface area contributed by atoms with Gasteiger partial charge >= 0.3 is 0 Å². The van der Waals surface area contributed by atoms with Gasteiger partial charge in [0.05, 0.1) is 0 Å². The predicted octanol–water partition coefficient (Wildman–Crippen LogP) is 4.37. The lowest BCUT2D eigenvalue weighted by Gasteiger charge is -2.36. The van der Waals surface area contributed by atoms with Crippen LogP contribution in [0.3, 0.4) is 0 Å². The van der Waals surface area contributed by atoms with Crippen molar-refractivity contribution in [2.75, 3.05) is 37.7 Å². The van der Waals surface area contributed by atoms with Crippen molar-refractivity contribution in [2.24, 2.45) is 0 Å². The summed E-state index contributed by atoms with van der Waals surface area (Å²) >= 11 is 5.95. The van der Waals surface area contributed by atoms with E-state index in [9.17, 15) is 4.79 Å². The Bertz CT molecular complexity index is 758. The molecule has 0 aromatic heterocycles. The Hall–Kier alpha value is -2.20. The molecule has 0 unspecified atom stereocenters. The smallest absolute Gasteiger partial charge is 0.260 e. The van der Waals surface area contributed by atoms with E-state index in [4.69, 9.17) is 16.3 Å². The van der Waals surface area contributed by atoms with Gasteiger partial charge in [-0.1, -0.05) is 44.5 Å². The van der Waals surface area contributed by atoms with Gasteiger partial charge in [0.15, 0.2) is 6.61 Å². The third-order valence-electron chi connectivity index (χ3n) is 4.91. The first-order valence-electron chi connectivity index (χ1n) is 9.34. The van der Waals surface area contributed by atoms with Crippen LogP contribution >= 0.6 is 11.6 Å². The summed E-state index contributed by atoms with van der Waals surface area (Å²) in [5.41, 5.74) is 2.50. The highest BCUT2D eigenvalue weighted by Crippen LogP contribution is 2.24. The van der Waals surface area contributed by atoms with E-state index in [1.165, 1.54) is 5.56 Å². The zero-order valence-corrected chi connectivity index (χ0v) is 17.0. The zero-order chi connectivity index (χ0) is 19.4. The van der Waals surface area contributed by atoms with Gasteiger partial charge in [-0.2, -0.15) is 0 Å². The lowest BCUT2D eigenvalue weighted by molar-refractivity contribution is -0.133. The molecule has 1 amide bonds. The number of hydrogen-bond donors (Lipinski definition) is 0. The maximum Gasteiger partial charge on any atom is 0.260 e. The van der Waals surface area contributed by atoms with Crippen molar-refractivity contribution in [3.63, 3.8) is 0 Å². The molecule has 2 aromatic carbocycles. The first-order valence-corrected chi connectivity index (χ1v) is 9.72. The molecule has 2 aromatic rings. The maximum atomic E-state index is 12.5. The van der Waals surface area contributed by atoms with Crippen molar-refractivity contribution in [3.05, 3.63) is 59.1 Å². The van der Waals surface area contributed by atoms with Crippen LogP contribution in [-0.2, 0) is 10.2 Å². The van der Waals surface area contributed by atoms with Gasteiger partial charge in [-0.05, 0) is 47.4 Å². The third-order valence-corrected chi connectivity index (χ3v) is 5.16. The fourth-order valence-electron chi connectivity index (χ4n) is 3.15. The molecule has 0 atom stereocenters. The number of halogens is 1. The molecule has 0 saturated carbocycles. The highest BCUT2D eigenvalue weighted by molar-refractivity contribution is 6.30. The van der Waals surface area contributed by atoms with Crippen molar-refractivity contribution >= 4 is 23.2 Å². The van der Waals surface area contributed by atoms with Gasteiger partial charge in [0, 0.05) is 36.9 Å². The second-order valence-electron chi connectivity index (χ2n) is 7.91. The number of amides is 1. The number of ether oxygens (including phenoxy) is 1. The predicted molar refractivity (Wildman–Crippen MR) is 111 cm³/mol. The number of benzene rings is 2. The highest BCUT2D eigenvalue weighted by Gasteiger charge is 2.21. The summed E-state index contributed by atoms with van der Waals surface area (Å²) in [5.74, 6) is 0.766. The van der Waals surface area contributed by atoms with Crippen LogP contribution < -0.4 is 9.64 Å². The molecule has 5 heteroatoms. The Labute approximate surface area is 166 Å². The molecule has 0 aliphatic carbocycles. The van der Waals surface area contributed by atoms with Crippen LogP contribution in [0.4, 0.5) is 5.69 Å². The highest BCUT2D eigenvalue weighted by atomic mass is 35.5. The average molecular weight is 387 g/mol. The van der Waals surface area contributed by atoms with Crippen molar-refractivity contribution in [2.45, 2.75) is 26.2 Å². The Morgan fingerprint density at radius 1 is 0.963 bits per heavy atom. The monoisotopic (exact) mass is 386 g/mol. The summed E-state index contributed by atoms with van der Waals surface area (Å²) in [7, 11) is 0. The summed E-state index contributed by atoms with van der Waals surface area (Å²) in [6.07, 6.45) is 0. The molecule has 144 valence electrons. The fraction of sp³-hybridized carbons (Fsp3) is 0.409. The van der Waals surface area contributed by atoms with Gasteiger partial charge in [-0.3, -0.25) is 4.79 Å². The molecule has 0 bridgehead atoms. The minimum Gasteiger partial charge on any atom is -0.484 e. The van der Waals surface area contributed by atoms with E-state index in [1.807, 2.05) is 41.3 Å². The van der Waals surface area contributed by atoms with E-state index in [2.05, 4.69) is 37.8 Å². The van der Waals surface area contributed by atoms with Gasteiger partial charge in [0.25, 0.3) is 5.91 Å². The van der Waals surface area contributed by atoms with Crippen LogP contribution in [0.15, 0.2) is 48.5 Å². The second kappa shape index (κ2) is 8.22. The Balaban J connectivity index is 1.47. The lowest BCUT2D eigenvalue weighted by Crippen LogP contribution is -2.50. The topological polar surface area (TPSA) is 32.8 Å². The van der Waals surface area contributed by atoms with Crippen molar-refractivity contribution in [3.8, 4) is 5.75 Å². The molecule has 3 rings (SSSR count). The summed E-state index contributed by atoms with van der Waals surface area (Å²) in [6, 6.07) is 15.8. The van der Waals surface area contributed by atoms with Crippen molar-refractivity contribution in [1.29, 1.82) is 0 Å². The Morgan fingerprint density at radius 3 is 2.11 bits per heavy atom. The first kappa shape index (κ1) is 19.6. The Kier molecular flexibility index (Phi) is 5.95. The van der Waals surface area contributed by atoms with Crippen molar-refractivity contribution < 1.29 is 9.53 Å². The number of nitrogens with zero attached hydrogens (tertiary/aromatic N) is 2. The molecule has 1 heterocycles. The van der Waals surface area contributed by atoms with Crippen LogP contribution in [0.2, 0.25) is 5.02 Å². The van der Waals surface area contributed by atoms with Gasteiger partial charge in [0.1, 0.15) is 5.75 Å². The molecule has 1 fully saturated rings. The molecule has 0 spiro atoms. The molecular formula is C22H27ClN2O2. The number of hydrogen-bond acceptors (Lipinski definition) is 3. The average Bonchev–Trinajstić information content (AvgIpc) is 2.66. The van der Waals surface area contributed by atoms with Crippen LogP contribution in [-0.4, -0.2) is 43.6 Å². The van der Waals surface area contributed by atoms with Crippen LogP contribution in [0.25, 0.3) is 0 Å². The summed E-state index contributed by atoms with van der Waals surface area (Å²) in [5, 5.41) is 0.736. The standard InChI is InChI=1S/C22H27ClN2O2/c1-22(2,3)17-4-10-20(11-5-17)27-16-21(26)25-14-12-24(13-15-25)19-8-6-18(23)7-9-19/h4-11H,12-16H2,1-3H3. The van der Waals surface area contributed by atoms with Crippen LogP contribution in [0.5, 0.6) is 5.75 Å². The molecule has 1 saturated heterocycles. The lowest BCUT2D eigenvalue weighted by atomic mass is 9.87. The second-order valence-corrected chi connectivity index (χ2v) is 8.34. The van der Waals surface area contributed by atoms with E-state index in [0.717, 1.165) is 29.5 Å². The number of carbonyl (C=O) groups excluding carboxylic acids is 1. The minimum atomic E-state index is 0.0330. The number of carbonyl (C=O) groups is 1. The molecular weight excluding hydrogens is 360 g/mol. The normalized spacial score (nSPS) is 15.0. The molecule has 1 aliphatic heterocycles. The summed E-state index contributed by atoms with van der Waals surface area (Å²) in [6.45, 7) is 9.64. The van der Waals surface area contributed by atoms with E-state index >= 15 is 0 Å². The zero-order valence-electron chi connectivity index (χ0n) is 16.2. The summed E-state index contributed by atoms with van der Waals surface area (Å²) in [4.78, 5) is 16.6. The maximum absolute atomic E-state index is 12.5. The third kappa shape index (κ3) is 5.16. The quantitative estimate of drug-likeness (QED) is 0.782. The minimum absolute atomic E-state index is 0.0330. The van der Waals surface area contributed by atoms with E-state index in [-0.39, 0.29) is 17.9 Å². The van der Waals surface area contributed by atoms with E-state index in [0.29, 0.717) is 13.1 Å². The number of anilines is 1. The number of rotatable bonds is 4. The van der Waals surface area contributed by atoms with Gasteiger partial charge in [0.2, 0.25) is 0 Å². The summed E-state index contributed by atoms with van der Waals surface area (Å²) < 4.78 is 5.69. The van der Waals surface area contributed by atoms with Gasteiger partial charge < -0.3 is 14.5 Å². The van der Waals surface area contributed by atoms with Crippen molar-refractivity contribution in [1.82, 2.24) is 4.90 Å². The SMILES string of the molecule is CC(C)(C)c1ccc(OCC(=O)N2CCN(c3ccc(Cl)cc3)CC2)cc1. The fourth-order valence-corrected chi connectivity index (χ4v) is 3.28. The molecule has 27 heavy (non-hydrogen) atoms. The van der Waals surface area contributed by atoms with Crippen LogP contribution in [0.1, 0.15) is 26.3 Å². The molecule has 0 N–H and O–H groups in total. The molecule has 0 radical (unpaired) electrons. The first-order chi connectivity index (χ1) is 12.8. The largest absolute Gasteiger partial charge is 0.484 e. The number of piperazine rings is 1. The van der Waals surface area contributed by atoms with Crippen LogP contribution in [0, 0.1) is 0 Å². The van der Waals surface area contributed by atoms with E-state index in [1.54, 1.807) is 0 Å². The van der Waals surface area contributed by atoms with E-state index < -0.39 is 0 Å². The van der Waals surface area contributed by atoms with Gasteiger partial charge in [-0.25, -0.2) is 0 Å². The Morgan fingerprint density at radius 2 is 1.56 bits per heavy atom.